The van der Waals surface area contributed by atoms with E-state index in [2.05, 4.69) is 0 Å². The predicted molar refractivity (Wildman–Crippen MR) is 45.4 cm³/mol. The van der Waals surface area contributed by atoms with Crippen LogP contribution in [0.3, 0.4) is 0 Å². The van der Waals surface area contributed by atoms with Gasteiger partial charge in [-0.3, -0.25) is 4.79 Å². The summed E-state index contributed by atoms with van der Waals surface area (Å²) in [5.41, 5.74) is 0. The number of carboxylic acids is 2. The van der Waals surface area contributed by atoms with E-state index in [4.69, 9.17) is 15.0 Å². The van der Waals surface area contributed by atoms with Gasteiger partial charge in [-0.2, -0.15) is 13.2 Å². The molecule has 1 unspecified atom stereocenters. The Morgan fingerprint density at radius 2 is 1.60 bits per heavy atom. The molecule has 90 valence electrons. The second-order valence-electron chi connectivity index (χ2n) is 2.83. The normalized spacial score (nSPS) is 12.3. The number of hydrogen-bond acceptors (Lipinski definition) is 2. The first-order valence-electron chi connectivity index (χ1n) is 4.15. The standard InChI is InChI=1S/C6H12O2.C2HF3O2/c1-3-4-5(2)6(7)8;3-2(4,5)1(6)7/h5H,3-4H2,1-2H3,(H,7,8);(H,6,7). The van der Waals surface area contributed by atoms with Gasteiger partial charge >= 0.3 is 18.1 Å². The second kappa shape index (κ2) is 7.08. The smallest absolute Gasteiger partial charge is 0.481 e. The minimum Gasteiger partial charge on any atom is -0.481 e. The van der Waals surface area contributed by atoms with Gasteiger partial charge in [-0.15, -0.1) is 0 Å². The molecule has 0 heterocycles. The molecule has 0 radical (unpaired) electrons. The molecule has 0 aromatic carbocycles. The van der Waals surface area contributed by atoms with Gasteiger partial charge in [0.2, 0.25) is 0 Å². The van der Waals surface area contributed by atoms with E-state index in [1.165, 1.54) is 0 Å². The summed E-state index contributed by atoms with van der Waals surface area (Å²) in [5.74, 6) is -3.61. The molecule has 0 saturated carbocycles. The minimum atomic E-state index is -5.08. The van der Waals surface area contributed by atoms with E-state index in [-0.39, 0.29) is 5.92 Å². The van der Waals surface area contributed by atoms with E-state index < -0.39 is 18.1 Å². The summed E-state index contributed by atoms with van der Waals surface area (Å²) in [7, 11) is 0. The van der Waals surface area contributed by atoms with Crippen LogP contribution in [0.1, 0.15) is 26.7 Å². The van der Waals surface area contributed by atoms with E-state index in [0.29, 0.717) is 0 Å². The average Bonchev–Trinajstić information content (AvgIpc) is 2.03. The fraction of sp³-hybridized carbons (Fsp3) is 0.750. The summed E-state index contributed by atoms with van der Waals surface area (Å²) in [6.45, 7) is 3.71. The number of aliphatic carboxylic acids is 2. The van der Waals surface area contributed by atoms with Gasteiger partial charge in [-0.1, -0.05) is 20.3 Å². The fourth-order valence-corrected chi connectivity index (χ4v) is 0.556. The highest BCUT2D eigenvalue weighted by atomic mass is 19.4. The predicted octanol–water partition coefficient (Wildman–Crippen LogP) is 2.14. The zero-order valence-electron chi connectivity index (χ0n) is 8.34. The summed E-state index contributed by atoms with van der Waals surface area (Å²) in [4.78, 5) is 19.0. The Balaban J connectivity index is 0. The lowest BCUT2D eigenvalue weighted by Gasteiger charge is -2.00. The van der Waals surface area contributed by atoms with Crippen molar-refractivity contribution in [3.05, 3.63) is 0 Å². The average molecular weight is 230 g/mol. The number of halogens is 3. The Bertz CT molecular complexity index is 212. The van der Waals surface area contributed by atoms with Crippen LogP contribution in [0.4, 0.5) is 13.2 Å². The molecule has 0 bridgehead atoms. The van der Waals surface area contributed by atoms with E-state index >= 15 is 0 Å². The Labute approximate surface area is 84.7 Å². The molecule has 0 aliphatic heterocycles. The fourth-order valence-electron chi connectivity index (χ4n) is 0.556. The van der Waals surface area contributed by atoms with Crippen molar-refractivity contribution in [2.24, 2.45) is 5.92 Å². The van der Waals surface area contributed by atoms with Crippen molar-refractivity contribution < 1.29 is 33.0 Å². The zero-order valence-corrected chi connectivity index (χ0v) is 8.34. The molecule has 0 aromatic heterocycles. The summed E-state index contributed by atoms with van der Waals surface area (Å²) < 4.78 is 31.7. The quantitative estimate of drug-likeness (QED) is 0.778. The molecule has 0 aromatic rings. The van der Waals surface area contributed by atoms with Crippen LogP contribution in [0.25, 0.3) is 0 Å². The Morgan fingerprint density at radius 1 is 1.27 bits per heavy atom. The summed E-state index contributed by atoms with van der Waals surface area (Å²) in [5, 5.41) is 15.4. The summed E-state index contributed by atoms with van der Waals surface area (Å²) >= 11 is 0. The van der Waals surface area contributed by atoms with E-state index in [1.54, 1.807) is 6.92 Å². The largest absolute Gasteiger partial charge is 0.490 e. The topological polar surface area (TPSA) is 74.6 Å². The number of alkyl halides is 3. The molecule has 2 N–H and O–H groups in total. The molecule has 0 saturated heterocycles. The molecule has 0 amide bonds. The molecular formula is C8H13F3O4. The van der Waals surface area contributed by atoms with Crippen LogP contribution in [-0.2, 0) is 9.59 Å². The molecule has 0 spiro atoms. The summed E-state index contributed by atoms with van der Waals surface area (Å²) in [6, 6.07) is 0. The first kappa shape index (κ1) is 16.2. The van der Waals surface area contributed by atoms with Crippen molar-refractivity contribution in [3.8, 4) is 0 Å². The van der Waals surface area contributed by atoms with Crippen LogP contribution in [0, 0.1) is 5.92 Å². The maximum absolute atomic E-state index is 10.6. The molecule has 0 aliphatic carbocycles. The Morgan fingerprint density at radius 3 is 1.67 bits per heavy atom. The van der Waals surface area contributed by atoms with Gasteiger partial charge in [0.05, 0.1) is 5.92 Å². The van der Waals surface area contributed by atoms with E-state index in [9.17, 15) is 18.0 Å². The van der Waals surface area contributed by atoms with Crippen LogP contribution < -0.4 is 0 Å². The van der Waals surface area contributed by atoms with Crippen molar-refractivity contribution in [1.29, 1.82) is 0 Å². The first-order valence-corrected chi connectivity index (χ1v) is 4.15. The lowest BCUT2D eigenvalue weighted by molar-refractivity contribution is -0.192. The number of carboxylic acid groups (broad SMARTS) is 2. The monoisotopic (exact) mass is 230 g/mol. The van der Waals surface area contributed by atoms with Gasteiger partial charge in [0, 0.05) is 0 Å². The van der Waals surface area contributed by atoms with Gasteiger partial charge in [0.1, 0.15) is 0 Å². The highest BCUT2D eigenvalue weighted by molar-refractivity contribution is 5.73. The van der Waals surface area contributed by atoms with Gasteiger partial charge in [0.25, 0.3) is 0 Å². The van der Waals surface area contributed by atoms with Gasteiger partial charge in [-0.05, 0) is 6.42 Å². The highest BCUT2D eigenvalue weighted by Gasteiger charge is 2.38. The van der Waals surface area contributed by atoms with Crippen molar-refractivity contribution >= 4 is 11.9 Å². The van der Waals surface area contributed by atoms with Crippen LogP contribution >= 0.6 is 0 Å². The summed E-state index contributed by atoms with van der Waals surface area (Å²) in [6.07, 6.45) is -3.34. The third-order valence-electron chi connectivity index (χ3n) is 1.39. The third-order valence-corrected chi connectivity index (χ3v) is 1.39. The van der Waals surface area contributed by atoms with Crippen molar-refractivity contribution in [3.63, 3.8) is 0 Å². The second-order valence-corrected chi connectivity index (χ2v) is 2.83. The van der Waals surface area contributed by atoms with Crippen LogP contribution in [0.15, 0.2) is 0 Å². The maximum Gasteiger partial charge on any atom is 0.490 e. The molecule has 7 heteroatoms. The van der Waals surface area contributed by atoms with Crippen molar-refractivity contribution in [2.45, 2.75) is 32.9 Å². The zero-order chi connectivity index (χ0) is 12.6. The number of hydrogen-bond donors (Lipinski definition) is 2. The molecule has 4 nitrogen and oxygen atoms in total. The molecule has 0 aliphatic rings. The van der Waals surface area contributed by atoms with Gasteiger partial charge < -0.3 is 10.2 Å². The Hall–Kier alpha value is -1.27. The molecule has 0 rings (SSSR count). The third kappa shape index (κ3) is 10.7. The number of rotatable bonds is 3. The van der Waals surface area contributed by atoms with Crippen molar-refractivity contribution in [1.82, 2.24) is 0 Å². The van der Waals surface area contributed by atoms with E-state index in [1.807, 2.05) is 6.92 Å². The SMILES string of the molecule is CCCC(C)C(=O)O.O=C(O)C(F)(F)F. The van der Waals surface area contributed by atoms with E-state index in [0.717, 1.165) is 12.8 Å². The molecular weight excluding hydrogens is 217 g/mol. The van der Waals surface area contributed by atoms with Crippen LogP contribution in [-0.4, -0.2) is 28.3 Å². The molecule has 1 atom stereocenters. The highest BCUT2D eigenvalue weighted by Crippen LogP contribution is 2.13. The minimum absolute atomic E-state index is 0.167. The van der Waals surface area contributed by atoms with Gasteiger partial charge in [-0.25, -0.2) is 4.79 Å². The van der Waals surface area contributed by atoms with Crippen LogP contribution in [0.5, 0.6) is 0 Å². The Kier molecular flexibility index (Phi) is 7.63. The maximum atomic E-state index is 10.6. The lowest BCUT2D eigenvalue weighted by Crippen LogP contribution is -2.21. The molecule has 15 heavy (non-hydrogen) atoms. The molecule has 0 fully saturated rings. The first-order chi connectivity index (χ1) is 6.62. The van der Waals surface area contributed by atoms with Gasteiger partial charge in [0.15, 0.2) is 0 Å². The lowest BCUT2D eigenvalue weighted by atomic mass is 10.1. The number of carbonyl (C=O) groups is 2. The van der Waals surface area contributed by atoms with Crippen LogP contribution in [0.2, 0.25) is 0 Å². The van der Waals surface area contributed by atoms with Crippen molar-refractivity contribution in [2.75, 3.05) is 0 Å².